The number of aromatic nitrogens is 1. The summed E-state index contributed by atoms with van der Waals surface area (Å²) in [7, 11) is 0. The van der Waals surface area contributed by atoms with Crippen LogP contribution in [0.5, 0.6) is 0 Å². The van der Waals surface area contributed by atoms with E-state index in [9.17, 15) is 0 Å². The van der Waals surface area contributed by atoms with Crippen LogP contribution < -0.4 is 0 Å². The zero-order chi connectivity index (χ0) is 12.7. The quantitative estimate of drug-likeness (QED) is 0.495. The highest BCUT2D eigenvalue weighted by molar-refractivity contribution is 14.1. The lowest BCUT2D eigenvalue weighted by molar-refractivity contribution is 1.46. The van der Waals surface area contributed by atoms with E-state index in [1.54, 1.807) is 11.3 Å². The number of nitrogens with zero attached hydrogens (tertiary/aromatic N) is 1. The average Bonchev–Trinajstić information content (AvgIpc) is 2.91. The smallest absolute Gasteiger partial charge is 0.0991 e. The first kappa shape index (κ1) is 12.4. The van der Waals surface area contributed by atoms with Gasteiger partial charge in [-0.3, -0.25) is 0 Å². The van der Waals surface area contributed by atoms with Crippen molar-refractivity contribution in [1.82, 2.24) is 4.98 Å². The fourth-order valence-corrected chi connectivity index (χ4v) is 5.96. The van der Waals surface area contributed by atoms with Crippen molar-refractivity contribution in [3.05, 3.63) is 41.8 Å². The number of fused-ring (bicyclic) bond motifs is 1. The highest BCUT2D eigenvalue weighted by Gasteiger charge is 2.12. The number of halogens is 2. The molecule has 0 aliphatic heterocycles. The molecule has 88 valence electrons. The molecule has 0 fully saturated rings. The number of benzene rings is 1. The van der Waals surface area contributed by atoms with Gasteiger partial charge < -0.3 is 4.98 Å². The maximum atomic E-state index is 8.99. The van der Waals surface area contributed by atoms with Crippen molar-refractivity contribution in [3.63, 3.8) is 0 Å². The van der Waals surface area contributed by atoms with Crippen molar-refractivity contribution in [2.75, 3.05) is 0 Å². The summed E-state index contributed by atoms with van der Waals surface area (Å²) in [5, 5.41) is 10.1. The first-order valence-corrected chi connectivity index (χ1v) is 8.13. The van der Waals surface area contributed by atoms with E-state index in [1.807, 2.05) is 24.4 Å². The van der Waals surface area contributed by atoms with Gasteiger partial charge in [-0.1, -0.05) is 0 Å². The molecule has 0 atom stereocenters. The van der Waals surface area contributed by atoms with Crippen LogP contribution in [0.1, 0.15) is 5.56 Å². The van der Waals surface area contributed by atoms with Gasteiger partial charge in [0, 0.05) is 28.2 Å². The Balaban J connectivity index is 2.30. The minimum atomic E-state index is 0.697. The third-order valence-corrected chi connectivity index (χ3v) is 5.68. The van der Waals surface area contributed by atoms with Crippen molar-refractivity contribution in [1.29, 1.82) is 5.26 Å². The molecule has 0 saturated heterocycles. The molecule has 0 bridgehead atoms. The molecular formula is C13H6I2N2S. The third kappa shape index (κ3) is 2.06. The van der Waals surface area contributed by atoms with Crippen molar-refractivity contribution in [3.8, 4) is 17.2 Å². The number of thiophene rings is 1. The summed E-state index contributed by atoms with van der Waals surface area (Å²) < 4.78 is 2.55. The van der Waals surface area contributed by atoms with Gasteiger partial charge in [-0.25, -0.2) is 0 Å². The summed E-state index contributed by atoms with van der Waals surface area (Å²) in [5.41, 5.74) is 4.18. The van der Waals surface area contributed by atoms with Gasteiger partial charge in [0.15, 0.2) is 0 Å². The zero-order valence-electron chi connectivity index (χ0n) is 9.00. The third-order valence-electron chi connectivity index (χ3n) is 2.76. The van der Waals surface area contributed by atoms with Crippen molar-refractivity contribution in [2.24, 2.45) is 0 Å². The normalized spacial score (nSPS) is 10.7. The first-order chi connectivity index (χ1) is 8.69. The maximum absolute atomic E-state index is 8.99. The first-order valence-electron chi connectivity index (χ1n) is 5.15. The van der Waals surface area contributed by atoms with Crippen LogP contribution in [0.15, 0.2) is 30.5 Å². The van der Waals surface area contributed by atoms with Gasteiger partial charge in [-0.05, 0) is 69.4 Å². The molecular weight excluding hydrogens is 470 g/mol. The van der Waals surface area contributed by atoms with Crippen LogP contribution in [-0.2, 0) is 0 Å². The van der Waals surface area contributed by atoms with Gasteiger partial charge in [0.2, 0.25) is 0 Å². The molecule has 0 radical (unpaired) electrons. The molecule has 0 amide bonds. The van der Waals surface area contributed by atoms with Crippen LogP contribution >= 0.6 is 56.5 Å². The fraction of sp³-hybridized carbons (Fsp3) is 0. The van der Waals surface area contributed by atoms with Gasteiger partial charge in [-0.15, -0.1) is 11.3 Å². The van der Waals surface area contributed by atoms with Gasteiger partial charge in [0.05, 0.1) is 17.4 Å². The molecule has 1 aromatic carbocycles. The Kier molecular flexibility index (Phi) is 3.34. The summed E-state index contributed by atoms with van der Waals surface area (Å²) in [6.45, 7) is 0. The van der Waals surface area contributed by atoms with E-state index in [2.05, 4.69) is 62.3 Å². The zero-order valence-corrected chi connectivity index (χ0v) is 14.1. The van der Waals surface area contributed by atoms with Crippen LogP contribution in [0.3, 0.4) is 0 Å². The Hall–Kier alpha value is -0.590. The van der Waals surface area contributed by atoms with Crippen molar-refractivity contribution < 1.29 is 0 Å². The molecule has 3 aromatic rings. The van der Waals surface area contributed by atoms with Crippen LogP contribution in [0.4, 0.5) is 0 Å². The highest BCUT2D eigenvalue weighted by atomic mass is 127. The maximum Gasteiger partial charge on any atom is 0.0991 e. The van der Waals surface area contributed by atoms with Crippen LogP contribution in [0.25, 0.3) is 22.0 Å². The SMILES string of the molecule is N#Cc1ccc2[nH]cc(-c3cc(I)sc3I)c2c1. The number of hydrogen-bond acceptors (Lipinski definition) is 2. The molecule has 1 N–H and O–H groups in total. The predicted octanol–water partition coefficient (Wildman–Crippen LogP) is 4.98. The highest BCUT2D eigenvalue weighted by Crippen LogP contribution is 2.37. The second-order valence-corrected chi connectivity index (χ2v) is 8.57. The lowest BCUT2D eigenvalue weighted by Crippen LogP contribution is -1.76. The van der Waals surface area contributed by atoms with Crippen molar-refractivity contribution in [2.45, 2.75) is 0 Å². The second-order valence-electron chi connectivity index (χ2n) is 3.81. The Bertz CT molecular complexity index is 780. The van der Waals surface area contributed by atoms with E-state index in [0.717, 1.165) is 10.9 Å². The van der Waals surface area contributed by atoms with Gasteiger partial charge in [-0.2, -0.15) is 5.26 Å². The van der Waals surface area contributed by atoms with Crippen LogP contribution in [0.2, 0.25) is 0 Å². The number of H-pyrrole nitrogens is 1. The number of hydrogen-bond donors (Lipinski definition) is 1. The lowest BCUT2D eigenvalue weighted by atomic mass is 10.1. The minimum absolute atomic E-state index is 0.697. The van der Waals surface area contributed by atoms with Gasteiger partial charge in [0.25, 0.3) is 0 Å². The standard InChI is InChI=1S/C13H6I2N2S/c14-12-4-9(13(15)18-12)10-6-17-11-2-1-7(5-16)3-8(10)11/h1-4,6,17H. The lowest BCUT2D eigenvalue weighted by Gasteiger charge is -1.97. The molecule has 2 aromatic heterocycles. The number of rotatable bonds is 1. The Morgan fingerprint density at radius 3 is 2.67 bits per heavy atom. The Morgan fingerprint density at radius 1 is 1.17 bits per heavy atom. The molecule has 2 heterocycles. The average molecular weight is 476 g/mol. The Morgan fingerprint density at radius 2 is 2.00 bits per heavy atom. The molecule has 0 aliphatic rings. The fourth-order valence-electron chi connectivity index (χ4n) is 1.94. The molecule has 3 rings (SSSR count). The van der Waals surface area contributed by atoms with Crippen molar-refractivity contribution >= 4 is 67.4 Å². The number of nitrogens with one attached hydrogen (secondary N) is 1. The summed E-state index contributed by atoms with van der Waals surface area (Å²) in [4.78, 5) is 3.26. The van der Waals surface area contributed by atoms with E-state index < -0.39 is 0 Å². The summed E-state index contributed by atoms with van der Waals surface area (Å²) in [6.07, 6.45) is 2.02. The predicted molar refractivity (Wildman–Crippen MR) is 91.8 cm³/mol. The largest absolute Gasteiger partial charge is 0.361 e. The molecule has 0 unspecified atom stereocenters. The van der Waals surface area contributed by atoms with E-state index in [0.29, 0.717) is 5.56 Å². The molecule has 0 saturated carbocycles. The second kappa shape index (κ2) is 4.83. The molecule has 18 heavy (non-hydrogen) atoms. The molecule has 2 nitrogen and oxygen atoms in total. The topological polar surface area (TPSA) is 39.6 Å². The summed E-state index contributed by atoms with van der Waals surface area (Å²) in [5.74, 6) is 0. The number of aromatic amines is 1. The summed E-state index contributed by atoms with van der Waals surface area (Å²) >= 11 is 6.49. The monoisotopic (exact) mass is 476 g/mol. The van der Waals surface area contributed by atoms with E-state index in [4.69, 9.17) is 5.26 Å². The van der Waals surface area contributed by atoms with Gasteiger partial charge >= 0.3 is 0 Å². The van der Waals surface area contributed by atoms with E-state index >= 15 is 0 Å². The Labute approximate surface area is 135 Å². The van der Waals surface area contributed by atoms with Gasteiger partial charge in [0.1, 0.15) is 0 Å². The van der Waals surface area contributed by atoms with Crippen LogP contribution in [-0.4, -0.2) is 4.98 Å². The van der Waals surface area contributed by atoms with Crippen LogP contribution in [0, 0.1) is 17.1 Å². The molecule has 5 heteroatoms. The summed E-state index contributed by atoms with van der Waals surface area (Å²) in [6, 6.07) is 10.1. The molecule has 0 spiro atoms. The van der Waals surface area contributed by atoms with E-state index in [1.165, 1.54) is 16.9 Å². The molecule has 0 aliphatic carbocycles. The number of nitriles is 1. The van der Waals surface area contributed by atoms with E-state index in [-0.39, 0.29) is 0 Å². The minimum Gasteiger partial charge on any atom is -0.361 e.